The molecule has 0 bridgehead atoms. The molecular weight excluding hydrogens is 681 g/mol. The van der Waals surface area contributed by atoms with Crippen molar-refractivity contribution in [2.24, 2.45) is 0 Å². The van der Waals surface area contributed by atoms with Crippen LogP contribution in [0.2, 0.25) is 0 Å². The lowest BCUT2D eigenvalue weighted by Crippen LogP contribution is -2.31. The van der Waals surface area contributed by atoms with E-state index in [0.29, 0.717) is 0 Å². The number of nitrogens with zero attached hydrogens (tertiary/aromatic N) is 4. The summed E-state index contributed by atoms with van der Waals surface area (Å²) in [6, 6.07) is 69.0. The van der Waals surface area contributed by atoms with Crippen molar-refractivity contribution in [3.05, 3.63) is 211 Å². The SMILES string of the molecule is C1=C2c3ccccc3N(c3cc(-c4ccccc4)nc(-c4ccccc4)c3)C2Cc2c1n(-c1cc(-c3ccccc3)nc(-c3ccccc3)c1)c1ccccc21. The Morgan fingerprint density at radius 1 is 0.446 bits per heavy atom. The Balaban J connectivity index is 1.12. The van der Waals surface area contributed by atoms with E-state index in [1.807, 2.05) is 0 Å². The molecule has 4 heteroatoms. The number of benzene rings is 6. The molecule has 0 spiro atoms. The first-order valence-electron chi connectivity index (χ1n) is 19.3. The molecule has 2 aliphatic rings. The zero-order valence-corrected chi connectivity index (χ0v) is 30.6. The number of hydrogen-bond acceptors (Lipinski definition) is 3. The molecular formula is C52H36N4. The highest BCUT2D eigenvalue weighted by atomic mass is 15.2. The van der Waals surface area contributed by atoms with E-state index < -0.39 is 0 Å². The second kappa shape index (κ2) is 13.2. The van der Waals surface area contributed by atoms with Crippen LogP contribution in [0.5, 0.6) is 0 Å². The van der Waals surface area contributed by atoms with Crippen LogP contribution in [0.25, 0.3) is 73.3 Å². The third-order valence-electron chi connectivity index (χ3n) is 11.3. The van der Waals surface area contributed by atoms with Gasteiger partial charge in [-0.15, -0.1) is 0 Å². The number of para-hydroxylation sites is 2. The van der Waals surface area contributed by atoms with Crippen LogP contribution in [0, 0.1) is 0 Å². The van der Waals surface area contributed by atoms with E-state index in [-0.39, 0.29) is 6.04 Å². The van der Waals surface area contributed by atoms with Gasteiger partial charge in [0.15, 0.2) is 0 Å². The lowest BCUT2D eigenvalue weighted by Gasteiger charge is -2.31. The van der Waals surface area contributed by atoms with E-state index >= 15 is 0 Å². The smallest absolute Gasteiger partial charge is 0.0730 e. The number of pyridine rings is 2. The summed E-state index contributed by atoms with van der Waals surface area (Å²) in [6.07, 6.45) is 3.32. The first-order chi connectivity index (χ1) is 27.8. The summed E-state index contributed by atoms with van der Waals surface area (Å²) in [7, 11) is 0. The number of aromatic nitrogens is 3. The summed E-state index contributed by atoms with van der Waals surface area (Å²) in [5.74, 6) is 0. The first kappa shape index (κ1) is 32.2. The van der Waals surface area contributed by atoms with Crippen molar-refractivity contribution in [3.63, 3.8) is 0 Å². The predicted molar refractivity (Wildman–Crippen MR) is 231 cm³/mol. The van der Waals surface area contributed by atoms with Gasteiger partial charge < -0.3 is 9.47 Å². The number of fused-ring (bicyclic) bond motifs is 6. The third-order valence-corrected chi connectivity index (χ3v) is 11.3. The van der Waals surface area contributed by atoms with Gasteiger partial charge in [0.2, 0.25) is 0 Å². The number of rotatable bonds is 6. The Labute approximate surface area is 326 Å². The fourth-order valence-corrected chi connectivity index (χ4v) is 8.75. The molecule has 3 aromatic heterocycles. The highest BCUT2D eigenvalue weighted by Crippen LogP contribution is 2.51. The molecule has 0 saturated heterocycles. The van der Waals surface area contributed by atoms with Crippen molar-refractivity contribution in [2.75, 3.05) is 4.90 Å². The Morgan fingerprint density at radius 2 is 0.893 bits per heavy atom. The molecule has 1 aliphatic carbocycles. The van der Waals surface area contributed by atoms with Gasteiger partial charge in [0.1, 0.15) is 0 Å². The maximum absolute atomic E-state index is 5.23. The Morgan fingerprint density at radius 3 is 1.43 bits per heavy atom. The standard InChI is InChI=1S/C52H36N4/c1-5-17-35(18-6-1)45-29-39(30-46(53-45)36-19-7-2-8-20-36)55-49-27-15-13-25-41(49)43-34-52-44(33-51(43)55)42-26-14-16-28-50(42)56(52)40-31-47(37-21-9-3-10-22-37)54-48(32-40)38-23-11-4-12-24-38/h1-33,52H,34H2. The fourth-order valence-electron chi connectivity index (χ4n) is 8.75. The van der Waals surface area contributed by atoms with E-state index in [4.69, 9.17) is 9.97 Å². The molecule has 6 aromatic carbocycles. The van der Waals surface area contributed by atoms with Crippen molar-refractivity contribution >= 4 is 33.9 Å². The normalized spacial score (nSPS) is 14.2. The Hall–Kier alpha value is -7.30. The average Bonchev–Trinajstić information content (AvgIpc) is 3.78. The number of hydrogen-bond donors (Lipinski definition) is 0. The zero-order valence-electron chi connectivity index (χ0n) is 30.6. The van der Waals surface area contributed by atoms with Crippen LogP contribution in [-0.2, 0) is 6.42 Å². The van der Waals surface area contributed by atoms with E-state index in [2.05, 4.69) is 210 Å². The molecule has 0 fully saturated rings. The molecule has 1 unspecified atom stereocenters. The van der Waals surface area contributed by atoms with Gasteiger partial charge in [-0.2, -0.15) is 0 Å². The summed E-state index contributed by atoms with van der Waals surface area (Å²) >= 11 is 0. The van der Waals surface area contributed by atoms with Gasteiger partial charge in [-0.3, -0.25) is 0 Å². The Bertz CT molecular complexity index is 2820. The monoisotopic (exact) mass is 716 g/mol. The fraction of sp³-hybridized carbons (Fsp3) is 0.0385. The zero-order chi connectivity index (χ0) is 37.0. The van der Waals surface area contributed by atoms with Crippen LogP contribution in [0.4, 0.5) is 11.4 Å². The summed E-state index contributed by atoms with van der Waals surface area (Å²) in [6.45, 7) is 0. The van der Waals surface area contributed by atoms with Gasteiger partial charge in [-0.05, 0) is 53.6 Å². The Kier molecular flexibility index (Phi) is 7.59. The van der Waals surface area contributed by atoms with Crippen molar-refractivity contribution in [3.8, 4) is 50.7 Å². The maximum atomic E-state index is 5.23. The minimum atomic E-state index is 0.103. The van der Waals surface area contributed by atoms with Gasteiger partial charge in [0.25, 0.3) is 0 Å². The molecule has 1 atom stereocenters. The van der Waals surface area contributed by atoms with Crippen LogP contribution < -0.4 is 4.90 Å². The minimum Gasteiger partial charge on any atom is -0.333 e. The molecule has 4 nitrogen and oxygen atoms in total. The lowest BCUT2D eigenvalue weighted by atomic mass is 9.89. The van der Waals surface area contributed by atoms with Gasteiger partial charge >= 0.3 is 0 Å². The predicted octanol–water partition coefficient (Wildman–Crippen LogP) is 12.7. The molecule has 0 N–H and O–H groups in total. The van der Waals surface area contributed by atoms with E-state index in [9.17, 15) is 0 Å². The molecule has 0 amide bonds. The topological polar surface area (TPSA) is 34.0 Å². The van der Waals surface area contributed by atoms with Gasteiger partial charge in [0.05, 0.1) is 45.7 Å². The van der Waals surface area contributed by atoms with Gasteiger partial charge in [-0.1, -0.05) is 158 Å². The van der Waals surface area contributed by atoms with Crippen LogP contribution >= 0.6 is 0 Å². The highest BCUT2D eigenvalue weighted by Gasteiger charge is 2.39. The molecule has 264 valence electrons. The van der Waals surface area contributed by atoms with Crippen molar-refractivity contribution < 1.29 is 0 Å². The molecule has 11 rings (SSSR count). The van der Waals surface area contributed by atoms with Crippen molar-refractivity contribution in [1.82, 2.24) is 14.5 Å². The van der Waals surface area contributed by atoms with E-state index in [1.165, 1.54) is 39.0 Å². The molecule has 9 aromatic rings. The van der Waals surface area contributed by atoms with Crippen LogP contribution in [-0.4, -0.2) is 20.6 Å². The molecule has 1 aliphatic heterocycles. The second-order valence-corrected chi connectivity index (χ2v) is 14.6. The summed E-state index contributed by atoms with van der Waals surface area (Å²) < 4.78 is 2.47. The van der Waals surface area contributed by atoms with Crippen molar-refractivity contribution in [2.45, 2.75) is 12.5 Å². The quantitative estimate of drug-likeness (QED) is 0.172. The molecule has 56 heavy (non-hydrogen) atoms. The third kappa shape index (κ3) is 5.38. The van der Waals surface area contributed by atoms with Crippen LogP contribution in [0.15, 0.2) is 194 Å². The maximum Gasteiger partial charge on any atom is 0.0730 e. The molecule has 4 heterocycles. The molecule has 0 saturated carbocycles. The van der Waals surface area contributed by atoms with E-state index in [1.54, 1.807) is 0 Å². The summed E-state index contributed by atoms with van der Waals surface area (Å²) in [5, 5.41) is 1.28. The second-order valence-electron chi connectivity index (χ2n) is 14.6. The van der Waals surface area contributed by atoms with Crippen LogP contribution in [0.3, 0.4) is 0 Å². The van der Waals surface area contributed by atoms with Crippen LogP contribution in [0.1, 0.15) is 16.8 Å². The average molecular weight is 717 g/mol. The van der Waals surface area contributed by atoms with E-state index in [0.717, 1.165) is 62.8 Å². The highest BCUT2D eigenvalue weighted by molar-refractivity contribution is 6.04. The lowest BCUT2D eigenvalue weighted by molar-refractivity contribution is 0.806. The first-order valence-corrected chi connectivity index (χ1v) is 19.3. The largest absolute Gasteiger partial charge is 0.333 e. The number of anilines is 2. The summed E-state index contributed by atoms with van der Waals surface area (Å²) in [5.41, 5.74) is 18.1. The molecule has 0 radical (unpaired) electrons. The summed E-state index contributed by atoms with van der Waals surface area (Å²) in [4.78, 5) is 13.0. The van der Waals surface area contributed by atoms with Crippen molar-refractivity contribution in [1.29, 1.82) is 0 Å². The van der Waals surface area contributed by atoms with Gasteiger partial charge in [0, 0.05) is 51.0 Å². The minimum absolute atomic E-state index is 0.103. The van der Waals surface area contributed by atoms with Gasteiger partial charge in [-0.25, -0.2) is 9.97 Å².